The quantitative estimate of drug-likeness (QED) is 0.337. The molecular formula is C7H15NO2. The summed E-state index contributed by atoms with van der Waals surface area (Å²) in [5.41, 5.74) is 0. The molecule has 1 N–H and O–H groups in total. The molecule has 0 aromatic rings. The van der Waals surface area contributed by atoms with Crippen LogP contribution in [0.5, 0.6) is 0 Å². The van der Waals surface area contributed by atoms with Crippen LogP contribution in [0.4, 0.5) is 0 Å². The zero-order chi connectivity index (χ0) is 7.98. The molecule has 0 rings (SSSR count). The van der Waals surface area contributed by atoms with Gasteiger partial charge in [0.05, 0.1) is 13.2 Å². The minimum absolute atomic E-state index is 0.332. The summed E-state index contributed by atoms with van der Waals surface area (Å²) in [6.07, 6.45) is 1.14. The normalized spacial score (nSPS) is 13.6. The molecule has 0 fully saturated rings. The SMILES string of the molecule is C=CCOCC(O)N(C)C. The lowest BCUT2D eigenvalue weighted by molar-refractivity contribution is -0.0299. The number of hydrogen-bond acceptors (Lipinski definition) is 3. The van der Waals surface area contributed by atoms with Gasteiger partial charge in [-0.1, -0.05) is 6.08 Å². The van der Waals surface area contributed by atoms with Gasteiger partial charge in [0.15, 0.2) is 0 Å². The second-order valence-electron chi connectivity index (χ2n) is 2.27. The number of aliphatic hydroxyl groups is 1. The highest BCUT2D eigenvalue weighted by Crippen LogP contribution is 1.88. The minimum atomic E-state index is -0.514. The summed E-state index contributed by atoms with van der Waals surface area (Å²) in [5, 5.41) is 9.12. The molecule has 0 aliphatic heterocycles. The van der Waals surface area contributed by atoms with E-state index >= 15 is 0 Å². The Bertz CT molecular complexity index is 93.6. The van der Waals surface area contributed by atoms with Crippen molar-refractivity contribution in [2.45, 2.75) is 6.23 Å². The Balaban J connectivity index is 3.21. The van der Waals surface area contributed by atoms with Crippen LogP contribution in [0.15, 0.2) is 12.7 Å². The fraction of sp³-hybridized carbons (Fsp3) is 0.714. The van der Waals surface area contributed by atoms with Crippen LogP contribution in [-0.4, -0.2) is 43.5 Å². The molecule has 0 spiro atoms. The first-order valence-corrected chi connectivity index (χ1v) is 3.21. The van der Waals surface area contributed by atoms with E-state index in [-0.39, 0.29) is 0 Å². The second kappa shape index (κ2) is 5.41. The second-order valence-corrected chi connectivity index (χ2v) is 2.27. The number of rotatable bonds is 5. The Labute approximate surface area is 61.9 Å². The smallest absolute Gasteiger partial charge is 0.130 e. The van der Waals surface area contributed by atoms with Crippen LogP contribution < -0.4 is 0 Å². The summed E-state index contributed by atoms with van der Waals surface area (Å²) in [4.78, 5) is 1.68. The zero-order valence-corrected chi connectivity index (χ0v) is 6.58. The highest BCUT2D eigenvalue weighted by molar-refractivity contribution is 4.64. The van der Waals surface area contributed by atoms with Crippen LogP contribution in [0, 0.1) is 0 Å². The fourth-order valence-corrected chi connectivity index (χ4v) is 0.406. The highest BCUT2D eigenvalue weighted by atomic mass is 16.5. The molecule has 0 amide bonds. The van der Waals surface area contributed by atoms with E-state index in [0.717, 1.165) is 0 Å². The summed E-state index contributed by atoms with van der Waals surface area (Å²) in [5.74, 6) is 0. The summed E-state index contributed by atoms with van der Waals surface area (Å²) in [6, 6.07) is 0. The Morgan fingerprint density at radius 2 is 2.30 bits per heavy atom. The van der Waals surface area contributed by atoms with Crippen molar-refractivity contribution in [3.8, 4) is 0 Å². The predicted octanol–water partition coefficient (Wildman–Crippen LogP) is 0.0690. The molecule has 0 aromatic carbocycles. The summed E-state index contributed by atoms with van der Waals surface area (Å²) in [6.45, 7) is 4.31. The van der Waals surface area contributed by atoms with E-state index in [1.54, 1.807) is 25.1 Å². The van der Waals surface area contributed by atoms with E-state index in [9.17, 15) is 0 Å². The van der Waals surface area contributed by atoms with Gasteiger partial charge in [0.25, 0.3) is 0 Å². The van der Waals surface area contributed by atoms with E-state index in [4.69, 9.17) is 9.84 Å². The van der Waals surface area contributed by atoms with Crippen molar-refractivity contribution in [1.82, 2.24) is 4.90 Å². The molecule has 0 aliphatic carbocycles. The van der Waals surface area contributed by atoms with Gasteiger partial charge >= 0.3 is 0 Å². The third-order valence-corrected chi connectivity index (χ3v) is 1.10. The maximum absolute atomic E-state index is 9.12. The van der Waals surface area contributed by atoms with E-state index in [1.807, 2.05) is 0 Å². The lowest BCUT2D eigenvalue weighted by Crippen LogP contribution is -2.31. The van der Waals surface area contributed by atoms with Gasteiger partial charge in [0, 0.05) is 0 Å². The Morgan fingerprint density at radius 3 is 2.70 bits per heavy atom. The first-order valence-electron chi connectivity index (χ1n) is 3.21. The number of likely N-dealkylation sites (N-methyl/N-ethyl adjacent to an activating group) is 1. The van der Waals surface area contributed by atoms with Crippen molar-refractivity contribution in [3.63, 3.8) is 0 Å². The molecule has 1 unspecified atom stereocenters. The molecule has 0 aromatic heterocycles. The monoisotopic (exact) mass is 145 g/mol. The molecule has 3 nitrogen and oxygen atoms in total. The Morgan fingerprint density at radius 1 is 1.70 bits per heavy atom. The highest BCUT2D eigenvalue weighted by Gasteiger charge is 2.04. The van der Waals surface area contributed by atoms with Crippen LogP contribution in [-0.2, 0) is 4.74 Å². The molecule has 60 valence electrons. The van der Waals surface area contributed by atoms with Gasteiger partial charge in [0.1, 0.15) is 6.23 Å². The van der Waals surface area contributed by atoms with Crippen molar-refractivity contribution < 1.29 is 9.84 Å². The van der Waals surface area contributed by atoms with E-state index in [2.05, 4.69) is 6.58 Å². The van der Waals surface area contributed by atoms with E-state index < -0.39 is 6.23 Å². The third-order valence-electron chi connectivity index (χ3n) is 1.10. The molecule has 0 saturated heterocycles. The molecule has 0 saturated carbocycles. The Kier molecular flexibility index (Phi) is 5.20. The predicted molar refractivity (Wildman–Crippen MR) is 40.7 cm³/mol. The van der Waals surface area contributed by atoms with Gasteiger partial charge < -0.3 is 9.84 Å². The van der Waals surface area contributed by atoms with Crippen LogP contribution >= 0.6 is 0 Å². The number of ether oxygens (including phenoxy) is 1. The molecule has 1 atom stereocenters. The summed E-state index contributed by atoms with van der Waals surface area (Å²) < 4.78 is 5.00. The van der Waals surface area contributed by atoms with Crippen LogP contribution in [0.25, 0.3) is 0 Å². The van der Waals surface area contributed by atoms with Gasteiger partial charge in [0.2, 0.25) is 0 Å². The maximum atomic E-state index is 9.12. The zero-order valence-electron chi connectivity index (χ0n) is 6.58. The van der Waals surface area contributed by atoms with Gasteiger partial charge in [-0.25, -0.2) is 0 Å². The van der Waals surface area contributed by atoms with Gasteiger partial charge in [-0.2, -0.15) is 0 Å². The van der Waals surface area contributed by atoms with Crippen molar-refractivity contribution in [2.75, 3.05) is 27.3 Å². The third kappa shape index (κ3) is 4.49. The first-order chi connectivity index (χ1) is 4.68. The van der Waals surface area contributed by atoms with Crippen molar-refractivity contribution in [3.05, 3.63) is 12.7 Å². The lowest BCUT2D eigenvalue weighted by Gasteiger charge is -2.17. The molecule has 10 heavy (non-hydrogen) atoms. The van der Waals surface area contributed by atoms with Gasteiger partial charge in [-0.3, -0.25) is 4.90 Å². The van der Waals surface area contributed by atoms with Crippen molar-refractivity contribution in [1.29, 1.82) is 0 Å². The largest absolute Gasteiger partial charge is 0.376 e. The maximum Gasteiger partial charge on any atom is 0.130 e. The first kappa shape index (κ1) is 9.62. The van der Waals surface area contributed by atoms with E-state index in [1.165, 1.54) is 0 Å². The number of aliphatic hydroxyl groups excluding tert-OH is 1. The van der Waals surface area contributed by atoms with Gasteiger partial charge in [-0.15, -0.1) is 6.58 Å². The van der Waals surface area contributed by atoms with E-state index in [0.29, 0.717) is 13.2 Å². The molecule has 0 aliphatic rings. The molecular weight excluding hydrogens is 130 g/mol. The molecule has 0 heterocycles. The van der Waals surface area contributed by atoms with Gasteiger partial charge in [-0.05, 0) is 14.1 Å². The topological polar surface area (TPSA) is 32.7 Å². The number of hydrogen-bond donors (Lipinski definition) is 1. The Hall–Kier alpha value is -0.380. The summed E-state index contributed by atoms with van der Waals surface area (Å²) >= 11 is 0. The van der Waals surface area contributed by atoms with Crippen LogP contribution in [0.3, 0.4) is 0 Å². The molecule has 0 bridgehead atoms. The average Bonchev–Trinajstić information content (AvgIpc) is 1.88. The van der Waals surface area contributed by atoms with Crippen LogP contribution in [0.2, 0.25) is 0 Å². The number of nitrogens with zero attached hydrogens (tertiary/aromatic N) is 1. The lowest BCUT2D eigenvalue weighted by atomic mass is 10.5. The standard InChI is InChI=1S/C7H15NO2/c1-4-5-10-6-7(9)8(2)3/h4,7,9H,1,5-6H2,2-3H3. The summed E-state index contributed by atoms with van der Waals surface area (Å²) in [7, 11) is 3.59. The van der Waals surface area contributed by atoms with Crippen molar-refractivity contribution in [2.24, 2.45) is 0 Å². The van der Waals surface area contributed by atoms with Crippen LogP contribution in [0.1, 0.15) is 0 Å². The average molecular weight is 145 g/mol. The molecule has 3 heteroatoms. The fourth-order valence-electron chi connectivity index (χ4n) is 0.406. The molecule has 0 radical (unpaired) electrons. The minimum Gasteiger partial charge on any atom is -0.376 e. The van der Waals surface area contributed by atoms with Crippen molar-refractivity contribution >= 4 is 0 Å².